The van der Waals surface area contributed by atoms with Crippen LogP contribution >= 0.6 is 0 Å². The van der Waals surface area contributed by atoms with Crippen LogP contribution in [0.25, 0.3) is 0 Å². The van der Waals surface area contributed by atoms with Gasteiger partial charge in [0.1, 0.15) is 0 Å². The fourth-order valence-electron chi connectivity index (χ4n) is 5.71. The Balaban J connectivity index is 2.31. The van der Waals surface area contributed by atoms with Gasteiger partial charge in [0.25, 0.3) is 0 Å². The average molecular weight is 419 g/mol. The first-order valence-corrected chi connectivity index (χ1v) is 13.4. The maximum Gasteiger partial charge on any atom is -0.00166 e. The lowest BCUT2D eigenvalue weighted by atomic mass is 9.70. The van der Waals surface area contributed by atoms with E-state index in [0.717, 1.165) is 30.2 Å². The molecule has 0 aromatic rings. The van der Waals surface area contributed by atoms with Crippen molar-refractivity contribution in [3.8, 4) is 0 Å². The van der Waals surface area contributed by atoms with E-state index in [0.29, 0.717) is 5.92 Å². The van der Waals surface area contributed by atoms with E-state index in [-0.39, 0.29) is 0 Å². The molecule has 3 N–H and O–H groups in total. The van der Waals surface area contributed by atoms with Crippen molar-refractivity contribution in [2.24, 2.45) is 35.3 Å². The quantitative estimate of drug-likeness (QED) is 0.131. The summed E-state index contributed by atoms with van der Waals surface area (Å²) in [7, 11) is 0. The molecule has 2 unspecified atom stereocenters. The normalized spacial score (nSPS) is 23.8. The minimum absolute atomic E-state index is 0.507. The second-order valence-corrected chi connectivity index (χ2v) is 10.4. The standard InChI is InChI=1S/C28H54N2/c1-5-7-8-10-14-23(3)19-26(22-30)15-11-9-12-16-27-21-25(6-2)20-24(4)28(27)17-13-18-29/h20,22-23,25-28,30H,5-19,21,29H2,1-4H3/t23?,25-,26-,27?,28+/m1/s1. The molecule has 0 aromatic carbocycles. The Labute approximate surface area is 189 Å². The molecular weight excluding hydrogens is 364 g/mol. The second kappa shape index (κ2) is 17.0. The van der Waals surface area contributed by atoms with Crippen LogP contribution < -0.4 is 5.73 Å². The van der Waals surface area contributed by atoms with Gasteiger partial charge < -0.3 is 11.1 Å². The highest BCUT2D eigenvalue weighted by atomic mass is 14.5. The van der Waals surface area contributed by atoms with Crippen molar-refractivity contribution in [2.45, 2.75) is 124 Å². The smallest absolute Gasteiger partial charge is 0.00166 e. The lowest BCUT2D eigenvalue weighted by Gasteiger charge is -2.35. The molecule has 30 heavy (non-hydrogen) atoms. The van der Waals surface area contributed by atoms with E-state index in [1.54, 1.807) is 11.8 Å². The highest BCUT2D eigenvalue weighted by molar-refractivity contribution is 5.56. The van der Waals surface area contributed by atoms with Crippen LogP contribution in [0.1, 0.15) is 124 Å². The highest BCUT2D eigenvalue weighted by Crippen LogP contribution is 2.40. The van der Waals surface area contributed by atoms with Gasteiger partial charge in [0.15, 0.2) is 0 Å². The summed E-state index contributed by atoms with van der Waals surface area (Å²) in [6.45, 7) is 10.2. The molecule has 2 nitrogen and oxygen atoms in total. The molecule has 0 aromatic heterocycles. The van der Waals surface area contributed by atoms with Crippen molar-refractivity contribution >= 4 is 6.21 Å². The van der Waals surface area contributed by atoms with Crippen LogP contribution in [-0.2, 0) is 0 Å². The third-order valence-corrected chi connectivity index (χ3v) is 7.64. The van der Waals surface area contributed by atoms with Crippen LogP contribution in [0.5, 0.6) is 0 Å². The Morgan fingerprint density at radius 1 is 1.03 bits per heavy atom. The molecule has 0 saturated heterocycles. The number of hydrogen-bond donors (Lipinski definition) is 2. The van der Waals surface area contributed by atoms with E-state index >= 15 is 0 Å². The molecule has 0 radical (unpaired) electrons. The Morgan fingerprint density at radius 3 is 2.43 bits per heavy atom. The third kappa shape index (κ3) is 11.1. The lowest BCUT2D eigenvalue weighted by Crippen LogP contribution is -2.24. The first kappa shape index (κ1) is 27.4. The summed E-state index contributed by atoms with van der Waals surface area (Å²) < 4.78 is 0. The van der Waals surface area contributed by atoms with Crippen molar-refractivity contribution in [1.82, 2.24) is 0 Å². The van der Waals surface area contributed by atoms with Crippen LogP contribution in [0, 0.1) is 35.0 Å². The second-order valence-electron chi connectivity index (χ2n) is 10.4. The SMILES string of the molecule is CCCCCCC(C)C[C@H](C=N)CCCCCC1C[C@H](CC)C=C(C)[C@@H]1CCCN. The predicted molar refractivity (Wildman–Crippen MR) is 135 cm³/mol. The molecule has 2 heteroatoms. The fourth-order valence-corrected chi connectivity index (χ4v) is 5.71. The molecule has 0 aliphatic heterocycles. The van der Waals surface area contributed by atoms with Crippen molar-refractivity contribution in [2.75, 3.05) is 6.54 Å². The third-order valence-electron chi connectivity index (χ3n) is 7.64. The Kier molecular flexibility index (Phi) is 15.5. The number of rotatable bonds is 18. The summed E-state index contributed by atoms with van der Waals surface area (Å²) in [5.74, 6) is 3.73. The molecule has 0 fully saturated rings. The lowest BCUT2D eigenvalue weighted by molar-refractivity contribution is 0.252. The van der Waals surface area contributed by atoms with Crippen LogP contribution in [0.4, 0.5) is 0 Å². The largest absolute Gasteiger partial charge is 0.330 e. The van der Waals surface area contributed by atoms with E-state index in [4.69, 9.17) is 11.1 Å². The number of unbranched alkanes of at least 4 members (excludes halogenated alkanes) is 5. The molecule has 0 spiro atoms. The summed E-state index contributed by atoms with van der Waals surface area (Å²) in [4.78, 5) is 0. The van der Waals surface area contributed by atoms with Gasteiger partial charge in [0.05, 0.1) is 0 Å². The zero-order valence-electron chi connectivity index (χ0n) is 20.9. The van der Waals surface area contributed by atoms with E-state index in [9.17, 15) is 0 Å². The molecule has 0 saturated carbocycles. The molecule has 0 amide bonds. The summed E-state index contributed by atoms with van der Waals surface area (Å²) in [5.41, 5.74) is 7.45. The Bertz CT molecular complexity index is 456. The van der Waals surface area contributed by atoms with Gasteiger partial charge in [-0.15, -0.1) is 0 Å². The van der Waals surface area contributed by atoms with Gasteiger partial charge in [-0.05, 0) is 94.2 Å². The highest BCUT2D eigenvalue weighted by Gasteiger charge is 2.28. The molecule has 1 rings (SSSR count). The minimum atomic E-state index is 0.507. The first-order chi connectivity index (χ1) is 14.5. The number of hydrogen-bond acceptors (Lipinski definition) is 2. The summed E-state index contributed by atoms with van der Waals surface area (Å²) in [6, 6.07) is 0. The van der Waals surface area contributed by atoms with Crippen LogP contribution in [0.2, 0.25) is 0 Å². The maximum atomic E-state index is 7.85. The van der Waals surface area contributed by atoms with Gasteiger partial charge in [-0.25, -0.2) is 0 Å². The Hall–Kier alpha value is -0.630. The van der Waals surface area contributed by atoms with Gasteiger partial charge >= 0.3 is 0 Å². The zero-order valence-corrected chi connectivity index (χ0v) is 20.9. The van der Waals surface area contributed by atoms with Crippen molar-refractivity contribution in [3.05, 3.63) is 11.6 Å². The van der Waals surface area contributed by atoms with E-state index < -0.39 is 0 Å². The van der Waals surface area contributed by atoms with Crippen molar-refractivity contribution < 1.29 is 0 Å². The van der Waals surface area contributed by atoms with Crippen molar-refractivity contribution in [3.63, 3.8) is 0 Å². The summed E-state index contributed by atoms with van der Waals surface area (Å²) in [5, 5.41) is 7.85. The van der Waals surface area contributed by atoms with E-state index in [1.165, 1.54) is 96.3 Å². The molecular formula is C28H54N2. The molecule has 0 bridgehead atoms. The van der Waals surface area contributed by atoms with Gasteiger partial charge in [-0.1, -0.05) is 83.8 Å². The molecule has 0 heterocycles. The number of allylic oxidation sites excluding steroid dienone is 2. The summed E-state index contributed by atoms with van der Waals surface area (Å²) in [6.07, 6.45) is 24.1. The van der Waals surface area contributed by atoms with E-state index in [1.807, 2.05) is 0 Å². The maximum absolute atomic E-state index is 7.85. The van der Waals surface area contributed by atoms with Crippen LogP contribution in [-0.4, -0.2) is 12.8 Å². The average Bonchev–Trinajstić information content (AvgIpc) is 2.74. The fraction of sp³-hybridized carbons (Fsp3) is 0.893. The van der Waals surface area contributed by atoms with Crippen LogP contribution in [0.3, 0.4) is 0 Å². The monoisotopic (exact) mass is 418 g/mol. The van der Waals surface area contributed by atoms with E-state index in [2.05, 4.69) is 33.8 Å². The van der Waals surface area contributed by atoms with Gasteiger partial charge in [-0.3, -0.25) is 0 Å². The van der Waals surface area contributed by atoms with Crippen molar-refractivity contribution in [1.29, 1.82) is 5.41 Å². The molecule has 1 aliphatic carbocycles. The number of nitrogens with one attached hydrogen (secondary N) is 1. The van der Waals surface area contributed by atoms with Gasteiger partial charge in [0.2, 0.25) is 0 Å². The van der Waals surface area contributed by atoms with Gasteiger partial charge in [-0.2, -0.15) is 0 Å². The zero-order chi connectivity index (χ0) is 22.2. The predicted octanol–water partition coefficient (Wildman–Crippen LogP) is 8.55. The molecule has 5 atom stereocenters. The first-order valence-electron chi connectivity index (χ1n) is 13.4. The summed E-state index contributed by atoms with van der Waals surface area (Å²) >= 11 is 0. The topological polar surface area (TPSA) is 49.9 Å². The Morgan fingerprint density at radius 2 is 1.77 bits per heavy atom. The van der Waals surface area contributed by atoms with Crippen LogP contribution in [0.15, 0.2) is 11.6 Å². The number of nitrogens with two attached hydrogens (primary N) is 1. The molecule has 176 valence electrons. The van der Waals surface area contributed by atoms with Gasteiger partial charge in [0, 0.05) is 0 Å². The minimum Gasteiger partial charge on any atom is -0.330 e. The molecule has 1 aliphatic rings.